The maximum atomic E-state index is 6.01. The van der Waals surface area contributed by atoms with Gasteiger partial charge in [0.1, 0.15) is 0 Å². The molecule has 0 saturated carbocycles. The van der Waals surface area contributed by atoms with Crippen molar-refractivity contribution in [1.29, 1.82) is 0 Å². The summed E-state index contributed by atoms with van der Waals surface area (Å²) < 4.78 is 6.01. The lowest BCUT2D eigenvalue weighted by Gasteiger charge is -2.33. The Labute approximate surface area is 100 Å². The smallest absolute Gasteiger partial charge is 0.0691 e. The van der Waals surface area contributed by atoms with Crippen LogP contribution in [0.15, 0.2) is 36.4 Å². The first-order valence-corrected chi connectivity index (χ1v) is 8.35. The summed E-state index contributed by atoms with van der Waals surface area (Å²) in [6.07, 6.45) is 8.31. The Balaban J connectivity index is 2.09. The molecule has 0 amide bonds. The molecule has 1 atom stereocenters. The highest BCUT2D eigenvalue weighted by atomic mass is 28.2. The Hall–Kier alpha value is -0.863. The van der Waals surface area contributed by atoms with Crippen molar-refractivity contribution >= 4 is 15.6 Å². The summed E-state index contributed by atoms with van der Waals surface area (Å²) in [5.41, 5.74) is 1.28. The minimum Gasteiger partial charge on any atom is -0.375 e. The monoisotopic (exact) mass is 232 g/mol. The molecule has 86 valence electrons. The van der Waals surface area contributed by atoms with Crippen LogP contribution in [0.1, 0.15) is 24.8 Å². The molecule has 1 aromatic carbocycles. The van der Waals surface area contributed by atoms with E-state index in [2.05, 4.69) is 49.0 Å². The van der Waals surface area contributed by atoms with Gasteiger partial charge in [-0.3, -0.25) is 0 Å². The summed E-state index contributed by atoms with van der Waals surface area (Å²) in [6, 6.07) is 10.5. The van der Waals surface area contributed by atoms with Gasteiger partial charge < -0.3 is 4.74 Å². The van der Waals surface area contributed by atoms with Gasteiger partial charge in [0.05, 0.1) is 14.7 Å². The molecule has 1 fully saturated rings. The Morgan fingerprint density at radius 3 is 2.69 bits per heavy atom. The van der Waals surface area contributed by atoms with Crippen LogP contribution in [0, 0.1) is 0 Å². The predicted octanol–water partition coefficient (Wildman–Crippen LogP) is 2.81. The van der Waals surface area contributed by atoms with Crippen molar-refractivity contribution in [1.82, 2.24) is 0 Å². The second kappa shape index (κ2) is 5.46. The lowest BCUT2D eigenvalue weighted by Crippen LogP contribution is -2.38. The number of hydrogen-bond acceptors (Lipinski definition) is 1. The molecule has 1 unspecified atom stereocenters. The molecule has 1 aliphatic rings. The molecule has 16 heavy (non-hydrogen) atoms. The number of benzene rings is 1. The second-order valence-electron chi connectivity index (χ2n) is 4.47. The fourth-order valence-electron chi connectivity index (χ4n) is 2.21. The fraction of sp³-hybridized carbons (Fsp3) is 0.429. The van der Waals surface area contributed by atoms with Crippen LogP contribution in [0.2, 0.25) is 6.55 Å². The van der Waals surface area contributed by atoms with E-state index in [1.54, 1.807) is 0 Å². The highest BCUT2D eigenvalue weighted by Gasteiger charge is 2.28. The summed E-state index contributed by atoms with van der Waals surface area (Å²) in [4.78, 5) is 0. The zero-order valence-corrected chi connectivity index (χ0v) is 11.4. The van der Waals surface area contributed by atoms with E-state index in [1.165, 1.54) is 24.8 Å². The summed E-state index contributed by atoms with van der Waals surface area (Å²) in [5, 5.41) is 0.133. The van der Waals surface area contributed by atoms with E-state index in [0.29, 0.717) is 0 Å². The van der Waals surface area contributed by atoms with Crippen molar-refractivity contribution in [3.05, 3.63) is 42.0 Å². The van der Waals surface area contributed by atoms with Gasteiger partial charge in [0, 0.05) is 6.61 Å². The van der Waals surface area contributed by atoms with Gasteiger partial charge in [0.25, 0.3) is 0 Å². The molecule has 0 bridgehead atoms. The van der Waals surface area contributed by atoms with Crippen LogP contribution in [0.4, 0.5) is 0 Å². The molecule has 0 aromatic heterocycles. The van der Waals surface area contributed by atoms with E-state index in [1.807, 2.05) is 0 Å². The maximum Gasteiger partial charge on any atom is 0.0691 e. The quantitative estimate of drug-likeness (QED) is 0.728. The highest BCUT2D eigenvalue weighted by Crippen LogP contribution is 2.26. The average molecular weight is 232 g/mol. The topological polar surface area (TPSA) is 9.23 Å². The summed E-state index contributed by atoms with van der Waals surface area (Å²) in [5.74, 6) is 0. The number of rotatable bonds is 3. The van der Waals surface area contributed by atoms with E-state index in [-0.39, 0.29) is 14.7 Å². The minimum absolute atomic E-state index is 0.133. The number of hydrogen-bond donors (Lipinski definition) is 0. The molecule has 2 rings (SSSR count). The van der Waals surface area contributed by atoms with Gasteiger partial charge in [-0.1, -0.05) is 49.0 Å². The first-order chi connectivity index (χ1) is 7.85. The van der Waals surface area contributed by atoms with Crippen LogP contribution < -0.4 is 0 Å². The molecule has 0 N–H and O–H groups in total. The van der Waals surface area contributed by atoms with Crippen LogP contribution in [-0.2, 0) is 4.74 Å². The average Bonchev–Trinajstić information content (AvgIpc) is 2.39. The summed E-state index contributed by atoms with van der Waals surface area (Å²) >= 11 is 0. The van der Waals surface area contributed by atoms with E-state index in [9.17, 15) is 0 Å². The van der Waals surface area contributed by atoms with Crippen molar-refractivity contribution in [2.45, 2.75) is 31.0 Å². The highest BCUT2D eigenvalue weighted by molar-refractivity contribution is 6.39. The molecule has 1 heterocycles. The van der Waals surface area contributed by atoms with Gasteiger partial charge in [-0.15, -0.1) is 0 Å². The van der Waals surface area contributed by atoms with Crippen LogP contribution in [0.3, 0.4) is 0 Å². The minimum atomic E-state index is -0.164. The molecule has 1 saturated heterocycles. The molecule has 0 radical (unpaired) electrons. The Kier molecular flexibility index (Phi) is 3.96. The summed E-state index contributed by atoms with van der Waals surface area (Å²) in [6.45, 7) is 3.29. The van der Waals surface area contributed by atoms with Crippen LogP contribution in [-0.4, -0.2) is 21.4 Å². The van der Waals surface area contributed by atoms with Crippen molar-refractivity contribution in [3.63, 3.8) is 0 Å². The van der Waals surface area contributed by atoms with Crippen molar-refractivity contribution in [2.75, 3.05) is 6.61 Å². The molecule has 1 aliphatic heterocycles. The van der Waals surface area contributed by atoms with Crippen LogP contribution in [0.5, 0.6) is 0 Å². The zero-order chi connectivity index (χ0) is 11.3. The first kappa shape index (κ1) is 11.6. The van der Waals surface area contributed by atoms with Gasteiger partial charge in [0.15, 0.2) is 0 Å². The normalized spacial score (nSPS) is 26.8. The van der Waals surface area contributed by atoms with Crippen LogP contribution in [0.25, 0.3) is 6.08 Å². The largest absolute Gasteiger partial charge is 0.375 e. The standard InChI is InChI=1S/C14H20OSi/c1-16-14(10-5-6-12-15-14)11-9-13-7-3-2-4-8-13/h2-4,7-9,11H,5-6,10,12,16H2,1H3. The first-order valence-electron chi connectivity index (χ1n) is 6.23. The molecule has 2 heteroatoms. The molecular weight excluding hydrogens is 212 g/mol. The molecule has 1 nitrogen and oxygen atoms in total. The predicted molar refractivity (Wildman–Crippen MR) is 72.4 cm³/mol. The molecule has 0 spiro atoms. The molecule has 1 aromatic rings. The molecular formula is C14H20OSi. The Bertz CT molecular complexity index is 339. The van der Waals surface area contributed by atoms with Crippen molar-refractivity contribution < 1.29 is 4.74 Å². The maximum absolute atomic E-state index is 6.01. The van der Waals surface area contributed by atoms with Gasteiger partial charge in [-0.2, -0.15) is 0 Å². The third-order valence-corrected chi connectivity index (χ3v) is 5.35. The van der Waals surface area contributed by atoms with Crippen molar-refractivity contribution in [3.8, 4) is 0 Å². The van der Waals surface area contributed by atoms with E-state index < -0.39 is 0 Å². The van der Waals surface area contributed by atoms with Gasteiger partial charge >= 0.3 is 0 Å². The Morgan fingerprint density at radius 1 is 1.25 bits per heavy atom. The Morgan fingerprint density at radius 2 is 2.06 bits per heavy atom. The van der Waals surface area contributed by atoms with E-state index in [0.717, 1.165) is 6.61 Å². The van der Waals surface area contributed by atoms with Gasteiger partial charge in [0.2, 0.25) is 0 Å². The van der Waals surface area contributed by atoms with E-state index in [4.69, 9.17) is 4.74 Å². The lowest BCUT2D eigenvalue weighted by molar-refractivity contribution is 0.0136. The third kappa shape index (κ3) is 2.83. The van der Waals surface area contributed by atoms with Crippen LogP contribution >= 0.6 is 0 Å². The number of ether oxygens (including phenoxy) is 1. The SMILES string of the molecule is C[SiH2]C1(C=Cc2ccccc2)CCCCO1. The molecule has 0 aliphatic carbocycles. The summed E-state index contributed by atoms with van der Waals surface area (Å²) in [7, 11) is -0.164. The van der Waals surface area contributed by atoms with Gasteiger partial charge in [-0.25, -0.2) is 0 Å². The zero-order valence-electron chi connectivity index (χ0n) is 9.99. The van der Waals surface area contributed by atoms with Crippen molar-refractivity contribution in [2.24, 2.45) is 0 Å². The second-order valence-corrected chi connectivity index (χ2v) is 6.37. The van der Waals surface area contributed by atoms with Gasteiger partial charge in [-0.05, 0) is 24.8 Å². The lowest BCUT2D eigenvalue weighted by atomic mass is 10.1. The fourth-order valence-corrected chi connectivity index (χ4v) is 3.52. The van der Waals surface area contributed by atoms with E-state index >= 15 is 0 Å². The third-order valence-electron chi connectivity index (χ3n) is 3.36.